The van der Waals surface area contributed by atoms with Crippen molar-refractivity contribution in [2.24, 2.45) is 0 Å². The van der Waals surface area contributed by atoms with Gasteiger partial charge in [0.2, 0.25) is 5.88 Å². The molecule has 0 aliphatic rings. The maximum Gasteiger partial charge on any atom is 0.388 e. The standard InChI is InChI=1S/C23H18BrF3N8O/c1-2-15(14-10-34(33-32-14)16-6-4-3-5-13(16)25)35-20(24)18(19-21(28)30-11-31-22(19)35)12-7-8-17(29-9-12)36-23(26)27/h3-11,15,23H,2H2,1H3,(H2,28,30,31). The van der Waals surface area contributed by atoms with Crippen molar-refractivity contribution in [1.82, 2.24) is 34.5 Å². The van der Waals surface area contributed by atoms with E-state index in [1.54, 1.807) is 30.5 Å². The molecule has 0 saturated heterocycles. The number of nitrogen functional groups attached to an aromatic ring is 1. The van der Waals surface area contributed by atoms with Crippen molar-refractivity contribution in [2.45, 2.75) is 26.0 Å². The van der Waals surface area contributed by atoms with Gasteiger partial charge in [0.1, 0.15) is 35.0 Å². The van der Waals surface area contributed by atoms with Gasteiger partial charge in [-0.25, -0.2) is 24.0 Å². The van der Waals surface area contributed by atoms with Crippen molar-refractivity contribution < 1.29 is 17.9 Å². The average Bonchev–Trinajstić information content (AvgIpc) is 3.45. The Balaban J connectivity index is 1.64. The molecule has 5 aromatic rings. The number of para-hydroxylation sites is 1. The van der Waals surface area contributed by atoms with Gasteiger partial charge in [-0.3, -0.25) is 0 Å². The molecule has 2 N–H and O–H groups in total. The largest absolute Gasteiger partial charge is 0.417 e. The van der Waals surface area contributed by atoms with E-state index >= 15 is 0 Å². The van der Waals surface area contributed by atoms with Crippen molar-refractivity contribution in [2.75, 3.05) is 5.73 Å². The average molecular weight is 559 g/mol. The molecule has 0 radical (unpaired) electrons. The third-order valence-electron chi connectivity index (χ3n) is 5.64. The molecule has 0 bridgehead atoms. The van der Waals surface area contributed by atoms with Crippen LogP contribution in [0, 0.1) is 5.82 Å². The number of pyridine rings is 1. The molecule has 0 amide bonds. The smallest absolute Gasteiger partial charge is 0.388 e. The van der Waals surface area contributed by atoms with Gasteiger partial charge >= 0.3 is 6.61 Å². The van der Waals surface area contributed by atoms with Crippen molar-refractivity contribution in [3.05, 3.63) is 71.2 Å². The second-order valence-electron chi connectivity index (χ2n) is 7.72. The predicted octanol–water partition coefficient (Wildman–Crippen LogP) is 5.16. The van der Waals surface area contributed by atoms with Crippen LogP contribution < -0.4 is 10.5 Å². The Kier molecular flexibility index (Phi) is 6.31. The van der Waals surface area contributed by atoms with Crippen molar-refractivity contribution in [1.29, 1.82) is 0 Å². The molecule has 0 spiro atoms. The van der Waals surface area contributed by atoms with E-state index in [1.807, 2.05) is 11.5 Å². The number of hydrogen-bond acceptors (Lipinski definition) is 7. The van der Waals surface area contributed by atoms with Crippen LogP contribution in [0.1, 0.15) is 25.1 Å². The zero-order valence-electron chi connectivity index (χ0n) is 18.7. The maximum atomic E-state index is 14.3. The van der Waals surface area contributed by atoms with E-state index in [-0.39, 0.29) is 23.4 Å². The molecule has 0 saturated carbocycles. The van der Waals surface area contributed by atoms with E-state index in [2.05, 4.69) is 45.9 Å². The van der Waals surface area contributed by atoms with Gasteiger partial charge in [-0.15, -0.1) is 5.10 Å². The third kappa shape index (κ3) is 4.15. The van der Waals surface area contributed by atoms with E-state index in [0.29, 0.717) is 38.9 Å². The van der Waals surface area contributed by atoms with Gasteiger partial charge in [0, 0.05) is 23.4 Å². The van der Waals surface area contributed by atoms with Crippen LogP contribution in [0.3, 0.4) is 0 Å². The fourth-order valence-electron chi connectivity index (χ4n) is 4.07. The van der Waals surface area contributed by atoms with Crippen LogP contribution in [0.5, 0.6) is 5.88 Å². The lowest BCUT2D eigenvalue weighted by molar-refractivity contribution is -0.0528. The highest BCUT2D eigenvalue weighted by Gasteiger charge is 2.27. The summed E-state index contributed by atoms with van der Waals surface area (Å²) in [5.41, 5.74) is 8.81. The number of alkyl halides is 2. The van der Waals surface area contributed by atoms with Crippen molar-refractivity contribution in [3.63, 3.8) is 0 Å². The number of anilines is 1. The minimum atomic E-state index is -2.98. The van der Waals surface area contributed by atoms with E-state index in [0.717, 1.165) is 0 Å². The Hall–Kier alpha value is -4.00. The van der Waals surface area contributed by atoms with E-state index in [1.165, 1.54) is 29.3 Å². The lowest BCUT2D eigenvalue weighted by Crippen LogP contribution is -2.11. The zero-order chi connectivity index (χ0) is 25.4. The number of nitrogens with zero attached hydrogens (tertiary/aromatic N) is 7. The molecular weight excluding hydrogens is 541 g/mol. The first-order valence-corrected chi connectivity index (χ1v) is 11.6. The van der Waals surface area contributed by atoms with Crippen LogP contribution in [0.25, 0.3) is 27.8 Å². The van der Waals surface area contributed by atoms with Crippen LogP contribution in [0.2, 0.25) is 0 Å². The Morgan fingerprint density at radius 1 is 1.11 bits per heavy atom. The number of hydrogen-bond donors (Lipinski definition) is 1. The Labute approximate surface area is 210 Å². The summed E-state index contributed by atoms with van der Waals surface area (Å²) in [6.07, 6.45) is 5.00. The number of fused-ring (bicyclic) bond motifs is 1. The molecule has 0 aliphatic carbocycles. The lowest BCUT2D eigenvalue weighted by Gasteiger charge is -2.17. The highest BCUT2D eigenvalue weighted by Crippen LogP contribution is 2.43. The summed E-state index contributed by atoms with van der Waals surface area (Å²) < 4.78 is 47.6. The molecule has 1 aromatic carbocycles. The molecule has 1 atom stereocenters. The quantitative estimate of drug-likeness (QED) is 0.294. The van der Waals surface area contributed by atoms with Gasteiger partial charge in [0.25, 0.3) is 0 Å². The first-order valence-electron chi connectivity index (χ1n) is 10.8. The number of aromatic nitrogens is 7. The third-order valence-corrected chi connectivity index (χ3v) is 6.42. The summed E-state index contributed by atoms with van der Waals surface area (Å²) in [5, 5.41) is 8.98. The molecule has 0 aliphatic heterocycles. The zero-order valence-corrected chi connectivity index (χ0v) is 20.3. The van der Waals surface area contributed by atoms with Crippen LogP contribution in [-0.2, 0) is 0 Å². The van der Waals surface area contributed by atoms with Gasteiger partial charge in [-0.1, -0.05) is 24.3 Å². The molecule has 36 heavy (non-hydrogen) atoms. The number of benzene rings is 1. The molecule has 184 valence electrons. The highest BCUT2D eigenvalue weighted by atomic mass is 79.9. The van der Waals surface area contributed by atoms with Gasteiger partial charge in [0.15, 0.2) is 0 Å². The lowest BCUT2D eigenvalue weighted by atomic mass is 10.1. The molecule has 13 heteroatoms. The predicted molar refractivity (Wildman–Crippen MR) is 129 cm³/mol. The van der Waals surface area contributed by atoms with Crippen LogP contribution >= 0.6 is 15.9 Å². The van der Waals surface area contributed by atoms with Crippen molar-refractivity contribution in [3.8, 4) is 22.7 Å². The maximum absolute atomic E-state index is 14.3. The van der Waals surface area contributed by atoms with Gasteiger partial charge in [-0.2, -0.15) is 8.78 Å². The summed E-state index contributed by atoms with van der Waals surface area (Å²) in [4.78, 5) is 12.6. The summed E-state index contributed by atoms with van der Waals surface area (Å²) in [5.74, 6) is -0.412. The fourth-order valence-corrected chi connectivity index (χ4v) is 4.92. The molecule has 4 heterocycles. The number of ether oxygens (including phenoxy) is 1. The molecular formula is C23H18BrF3N8O. The monoisotopic (exact) mass is 558 g/mol. The van der Waals surface area contributed by atoms with Crippen LogP contribution in [0.15, 0.2) is 59.7 Å². The highest BCUT2D eigenvalue weighted by molar-refractivity contribution is 9.10. The minimum Gasteiger partial charge on any atom is -0.417 e. The molecule has 9 nitrogen and oxygen atoms in total. The number of rotatable bonds is 7. The fraction of sp³-hybridized carbons (Fsp3) is 0.174. The summed E-state index contributed by atoms with van der Waals surface area (Å²) in [6, 6.07) is 8.84. The van der Waals surface area contributed by atoms with Crippen LogP contribution in [0.4, 0.5) is 19.0 Å². The van der Waals surface area contributed by atoms with Gasteiger partial charge in [-0.05, 0) is 40.5 Å². The van der Waals surface area contributed by atoms with Crippen LogP contribution in [-0.4, -0.2) is 41.1 Å². The van der Waals surface area contributed by atoms with Gasteiger partial charge in [0.05, 0.1) is 22.2 Å². The first-order chi connectivity index (χ1) is 17.4. The first kappa shape index (κ1) is 23.7. The molecule has 0 fully saturated rings. The van der Waals surface area contributed by atoms with E-state index < -0.39 is 12.4 Å². The van der Waals surface area contributed by atoms with Gasteiger partial charge < -0.3 is 15.0 Å². The molecule has 5 rings (SSSR count). The minimum absolute atomic E-state index is 0.214. The Morgan fingerprint density at radius 3 is 2.61 bits per heavy atom. The second-order valence-corrected chi connectivity index (χ2v) is 8.47. The molecule has 4 aromatic heterocycles. The Morgan fingerprint density at radius 2 is 1.92 bits per heavy atom. The second kappa shape index (κ2) is 9.57. The topological polar surface area (TPSA) is 110 Å². The Bertz CT molecular complexity index is 1540. The number of halogens is 4. The number of nitrogens with two attached hydrogens (primary N) is 1. The SMILES string of the molecule is CCC(c1cn(-c2ccccc2F)nn1)n1c(Br)c(-c2ccc(OC(F)F)nc2)c2c(N)ncnc21. The summed E-state index contributed by atoms with van der Waals surface area (Å²) in [7, 11) is 0. The normalized spacial score (nSPS) is 12.4. The van der Waals surface area contributed by atoms with Crippen molar-refractivity contribution >= 4 is 32.8 Å². The summed E-state index contributed by atoms with van der Waals surface area (Å²) in [6.45, 7) is -1.02. The van der Waals surface area contributed by atoms with E-state index in [4.69, 9.17) is 5.73 Å². The van der Waals surface area contributed by atoms with E-state index in [9.17, 15) is 13.2 Å². The molecule has 1 unspecified atom stereocenters. The summed E-state index contributed by atoms with van der Waals surface area (Å²) >= 11 is 3.67.